The van der Waals surface area contributed by atoms with Crippen LogP contribution in [-0.4, -0.2) is 25.4 Å². The molecule has 0 fully saturated rings. The highest BCUT2D eigenvalue weighted by Crippen LogP contribution is 2.21. The number of carbonyl (C=O) groups excluding carboxylic acids is 1. The van der Waals surface area contributed by atoms with Crippen LogP contribution >= 0.6 is 15.9 Å². The van der Waals surface area contributed by atoms with E-state index in [4.69, 9.17) is 0 Å². The molecule has 0 saturated heterocycles. The molecule has 0 saturated carbocycles. The van der Waals surface area contributed by atoms with Crippen molar-refractivity contribution in [1.29, 1.82) is 0 Å². The van der Waals surface area contributed by atoms with Gasteiger partial charge in [-0.25, -0.2) is 15.0 Å². The van der Waals surface area contributed by atoms with Crippen molar-refractivity contribution < 1.29 is 4.79 Å². The van der Waals surface area contributed by atoms with Gasteiger partial charge in [-0.3, -0.25) is 9.36 Å². The first-order valence-electron chi connectivity index (χ1n) is 8.85. The number of carbonyl (C=O) groups is 1. The van der Waals surface area contributed by atoms with E-state index in [1.54, 1.807) is 12.3 Å². The molecule has 0 radical (unpaired) electrons. The molecule has 4 rings (SSSR count). The van der Waals surface area contributed by atoms with Gasteiger partial charge in [-0.05, 0) is 59.3 Å². The van der Waals surface area contributed by atoms with Crippen LogP contribution in [0, 0.1) is 6.92 Å². The maximum Gasteiger partial charge on any atom is 0.256 e. The second-order valence-corrected chi connectivity index (χ2v) is 7.10. The van der Waals surface area contributed by atoms with Crippen LogP contribution < -0.4 is 10.6 Å². The molecule has 0 aliphatic carbocycles. The minimum Gasteiger partial charge on any atom is -0.340 e. The minimum atomic E-state index is -0.172. The molecular formula is C21H17BrN6O. The topological polar surface area (TPSA) is 84.7 Å². The summed E-state index contributed by atoms with van der Waals surface area (Å²) < 4.78 is 2.64. The van der Waals surface area contributed by atoms with Gasteiger partial charge >= 0.3 is 0 Å². The number of benzene rings is 2. The van der Waals surface area contributed by atoms with Crippen LogP contribution in [0.4, 0.5) is 17.2 Å². The lowest BCUT2D eigenvalue weighted by Gasteiger charge is -2.10. The number of halogens is 1. The van der Waals surface area contributed by atoms with E-state index in [9.17, 15) is 4.79 Å². The minimum absolute atomic E-state index is 0.172. The van der Waals surface area contributed by atoms with Crippen molar-refractivity contribution in [3.8, 4) is 5.82 Å². The lowest BCUT2D eigenvalue weighted by atomic mass is 10.2. The largest absolute Gasteiger partial charge is 0.340 e. The Kier molecular flexibility index (Phi) is 5.35. The number of hydrogen-bond donors (Lipinski definition) is 2. The monoisotopic (exact) mass is 448 g/mol. The Bertz CT molecular complexity index is 1160. The van der Waals surface area contributed by atoms with Gasteiger partial charge in [-0.1, -0.05) is 12.1 Å². The van der Waals surface area contributed by atoms with Crippen LogP contribution in [0.15, 0.2) is 77.8 Å². The Balaban J connectivity index is 1.46. The number of aryl methyl sites for hydroxylation is 1. The normalized spacial score (nSPS) is 10.6. The summed E-state index contributed by atoms with van der Waals surface area (Å²) in [5.74, 6) is 2.07. The lowest BCUT2D eigenvalue weighted by molar-refractivity contribution is 0.102. The van der Waals surface area contributed by atoms with Crippen molar-refractivity contribution in [3.05, 3.63) is 89.2 Å². The van der Waals surface area contributed by atoms with Gasteiger partial charge in [0.15, 0.2) is 0 Å². The van der Waals surface area contributed by atoms with Crippen LogP contribution in [0.5, 0.6) is 0 Å². The maximum absolute atomic E-state index is 12.4. The molecule has 2 N–H and O–H groups in total. The summed E-state index contributed by atoms with van der Waals surface area (Å²) in [5.41, 5.74) is 2.13. The van der Waals surface area contributed by atoms with E-state index in [0.717, 1.165) is 21.8 Å². The number of nitrogens with one attached hydrogen (secondary N) is 2. The fraction of sp³-hybridized carbons (Fsp3) is 0.0476. The van der Waals surface area contributed by atoms with Crippen molar-refractivity contribution >= 4 is 39.0 Å². The number of nitrogens with zero attached hydrogens (tertiary/aromatic N) is 4. The zero-order valence-corrected chi connectivity index (χ0v) is 17.1. The van der Waals surface area contributed by atoms with Crippen molar-refractivity contribution in [2.45, 2.75) is 6.92 Å². The summed E-state index contributed by atoms with van der Waals surface area (Å²) in [6, 6.07) is 16.6. The number of imidazole rings is 1. The highest BCUT2D eigenvalue weighted by molar-refractivity contribution is 9.10. The van der Waals surface area contributed by atoms with Crippen LogP contribution in [0.1, 0.15) is 16.2 Å². The molecular weight excluding hydrogens is 432 g/mol. The number of amides is 1. The van der Waals surface area contributed by atoms with Crippen molar-refractivity contribution in [1.82, 2.24) is 19.5 Å². The lowest BCUT2D eigenvalue weighted by Crippen LogP contribution is -2.12. The number of anilines is 3. The van der Waals surface area contributed by atoms with Gasteiger partial charge in [0, 0.05) is 34.3 Å². The SMILES string of the molecule is Cc1nccn1-c1cc(Nc2ccc(NC(=O)c3ccccc3Br)cc2)ncn1. The fourth-order valence-electron chi connectivity index (χ4n) is 2.80. The third-order valence-corrected chi connectivity index (χ3v) is 4.95. The van der Waals surface area contributed by atoms with Crippen molar-refractivity contribution in [2.75, 3.05) is 10.6 Å². The van der Waals surface area contributed by atoms with Crippen LogP contribution in [-0.2, 0) is 0 Å². The molecule has 0 spiro atoms. The van der Waals surface area contributed by atoms with Gasteiger partial charge in [0.05, 0.1) is 5.56 Å². The second-order valence-electron chi connectivity index (χ2n) is 6.24. The summed E-state index contributed by atoms with van der Waals surface area (Å²) in [6.07, 6.45) is 5.08. The first kappa shape index (κ1) is 18.8. The molecule has 2 aromatic carbocycles. The van der Waals surface area contributed by atoms with Crippen LogP contribution in [0.25, 0.3) is 5.82 Å². The zero-order valence-electron chi connectivity index (χ0n) is 15.5. The first-order valence-corrected chi connectivity index (χ1v) is 9.65. The average Bonchev–Trinajstić information content (AvgIpc) is 3.16. The third-order valence-electron chi connectivity index (χ3n) is 4.26. The molecule has 2 heterocycles. The predicted octanol–water partition coefficient (Wildman–Crippen LogP) is 4.73. The Hall–Kier alpha value is -3.52. The standard InChI is InChI=1S/C21H17BrN6O/c1-14-23-10-11-28(14)20-12-19(24-13-25-20)26-15-6-8-16(9-7-15)27-21(29)17-4-2-3-5-18(17)22/h2-13H,1H3,(H,27,29)(H,24,25,26). The van der Waals surface area contributed by atoms with E-state index in [1.165, 1.54) is 6.33 Å². The van der Waals surface area contributed by atoms with Gasteiger partial charge in [-0.15, -0.1) is 0 Å². The predicted molar refractivity (Wildman–Crippen MR) is 116 cm³/mol. The third kappa shape index (κ3) is 4.33. The Labute approximate surface area is 176 Å². The highest BCUT2D eigenvalue weighted by atomic mass is 79.9. The molecule has 4 aromatic rings. The molecule has 8 heteroatoms. The Morgan fingerprint density at radius 1 is 1.00 bits per heavy atom. The number of aromatic nitrogens is 4. The van der Waals surface area contributed by atoms with Gasteiger partial charge in [0.2, 0.25) is 0 Å². The second kappa shape index (κ2) is 8.24. The molecule has 0 atom stereocenters. The molecule has 1 amide bonds. The Morgan fingerprint density at radius 2 is 1.76 bits per heavy atom. The molecule has 0 aliphatic heterocycles. The molecule has 0 aliphatic rings. The molecule has 0 bridgehead atoms. The summed E-state index contributed by atoms with van der Waals surface area (Å²) >= 11 is 3.39. The van der Waals surface area contributed by atoms with Gasteiger partial charge in [0.1, 0.15) is 23.8 Å². The van der Waals surface area contributed by atoms with Gasteiger partial charge < -0.3 is 10.6 Å². The van der Waals surface area contributed by atoms with Gasteiger partial charge in [0.25, 0.3) is 5.91 Å². The van der Waals surface area contributed by atoms with E-state index in [-0.39, 0.29) is 5.91 Å². The van der Waals surface area contributed by atoms with Crippen molar-refractivity contribution in [2.24, 2.45) is 0 Å². The quantitative estimate of drug-likeness (QED) is 0.460. The van der Waals surface area contributed by atoms with E-state index >= 15 is 0 Å². The molecule has 29 heavy (non-hydrogen) atoms. The molecule has 0 unspecified atom stereocenters. The van der Waals surface area contributed by atoms with E-state index < -0.39 is 0 Å². The molecule has 144 valence electrons. The maximum atomic E-state index is 12.4. The number of rotatable bonds is 5. The first-order chi connectivity index (χ1) is 14.1. The van der Waals surface area contributed by atoms with E-state index in [2.05, 4.69) is 41.5 Å². The summed E-state index contributed by atoms with van der Waals surface area (Å²) in [4.78, 5) is 25.2. The molecule has 2 aromatic heterocycles. The average molecular weight is 449 g/mol. The van der Waals surface area contributed by atoms with E-state index in [0.29, 0.717) is 17.1 Å². The summed E-state index contributed by atoms with van der Waals surface area (Å²) in [5, 5.41) is 6.13. The summed E-state index contributed by atoms with van der Waals surface area (Å²) in [7, 11) is 0. The van der Waals surface area contributed by atoms with Gasteiger partial charge in [-0.2, -0.15) is 0 Å². The van der Waals surface area contributed by atoms with E-state index in [1.807, 2.05) is 66.2 Å². The highest BCUT2D eigenvalue weighted by Gasteiger charge is 2.09. The zero-order chi connectivity index (χ0) is 20.2. The Morgan fingerprint density at radius 3 is 2.48 bits per heavy atom. The smallest absolute Gasteiger partial charge is 0.256 e. The van der Waals surface area contributed by atoms with Crippen LogP contribution in [0.3, 0.4) is 0 Å². The molecule has 7 nitrogen and oxygen atoms in total. The summed E-state index contributed by atoms with van der Waals surface area (Å²) in [6.45, 7) is 1.91. The van der Waals surface area contributed by atoms with Crippen LogP contribution in [0.2, 0.25) is 0 Å². The number of hydrogen-bond acceptors (Lipinski definition) is 5. The fourth-order valence-corrected chi connectivity index (χ4v) is 3.26. The van der Waals surface area contributed by atoms with Crippen molar-refractivity contribution in [3.63, 3.8) is 0 Å².